The van der Waals surface area contributed by atoms with Gasteiger partial charge >= 0.3 is 0 Å². The van der Waals surface area contributed by atoms with Crippen molar-refractivity contribution in [3.05, 3.63) is 23.8 Å². The lowest BCUT2D eigenvalue weighted by Crippen LogP contribution is -2.25. The number of amides is 2. The van der Waals surface area contributed by atoms with Gasteiger partial charge in [0.05, 0.1) is 18.7 Å². The van der Waals surface area contributed by atoms with Crippen LogP contribution in [0.25, 0.3) is 0 Å². The topological polar surface area (TPSA) is 70.7 Å². The first kappa shape index (κ1) is 15.3. The van der Waals surface area contributed by atoms with Crippen LogP contribution < -0.4 is 15.4 Å². The minimum atomic E-state index is -0.320. The third-order valence-electron chi connectivity index (χ3n) is 3.37. The fourth-order valence-corrected chi connectivity index (χ4v) is 2.34. The van der Waals surface area contributed by atoms with Crippen molar-refractivity contribution in [2.75, 3.05) is 33.1 Å². The zero-order valence-corrected chi connectivity index (χ0v) is 12.6. The highest BCUT2D eigenvalue weighted by Crippen LogP contribution is 2.27. The molecule has 2 N–H and O–H groups in total. The second-order valence-corrected chi connectivity index (χ2v) is 5.47. The molecule has 1 aliphatic rings. The molecule has 1 atom stereocenters. The van der Waals surface area contributed by atoms with E-state index in [0.29, 0.717) is 18.0 Å². The zero-order valence-electron chi connectivity index (χ0n) is 12.6. The van der Waals surface area contributed by atoms with E-state index in [4.69, 9.17) is 4.74 Å². The third-order valence-corrected chi connectivity index (χ3v) is 3.37. The van der Waals surface area contributed by atoms with Crippen LogP contribution in [0, 0.1) is 5.92 Å². The number of carbonyl (C=O) groups is 2. The number of carbonyl (C=O) groups excluding carboxylic acids is 2. The van der Waals surface area contributed by atoms with Gasteiger partial charge in [0.1, 0.15) is 5.75 Å². The summed E-state index contributed by atoms with van der Waals surface area (Å²) in [5, 5.41) is 5.53. The van der Waals surface area contributed by atoms with Gasteiger partial charge in [-0.15, -0.1) is 0 Å². The first-order valence-corrected chi connectivity index (χ1v) is 6.89. The Morgan fingerprint density at radius 3 is 2.81 bits per heavy atom. The summed E-state index contributed by atoms with van der Waals surface area (Å²) in [4.78, 5) is 25.4. The van der Waals surface area contributed by atoms with Crippen LogP contribution in [0.4, 0.5) is 5.69 Å². The second kappa shape index (κ2) is 6.58. The van der Waals surface area contributed by atoms with E-state index in [0.717, 1.165) is 12.1 Å². The van der Waals surface area contributed by atoms with E-state index in [1.165, 1.54) is 0 Å². The predicted molar refractivity (Wildman–Crippen MR) is 80.1 cm³/mol. The van der Waals surface area contributed by atoms with Gasteiger partial charge < -0.3 is 20.3 Å². The molecular formula is C15H21N3O3. The Morgan fingerprint density at radius 1 is 1.48 bits per heavy atom. The molecule has 0 saturated carbocycles. The Morgan fingerprint density at radius 2 is 2.24 bits per heavy atom. The number of hydrogen-bond donors (Lipinski definition) is 2. The minimum Gasteiger partial charge on any atom is -0.495 e. The maximum absolute atomic E-state index is 12.2. The van der Waals surface area contributed by atoms with Crippen molar-refractivity contribution in [3.63, 3.8) is 0 Å². The van der Waals surface area contributed by atoms with Crippen molar-refractivity contribution in [3.8, 4) is 5.75 Å². The summed E-state index contributed by atoms with van der Waals surface area (Å²) >= 11 is 0. The van der Waals surface area contributed by atoms with Crippen molar-refractivity contribution in [1.29, 1.82) is 0 Å². The highest BCUT2D eigenvalue weighted by atomic mass is 16.5. The van der Waals surface area contributed by atoms with Crippen LogP contribution >= 0.6 is 0 Å². The first-order valence-electron chi connectivity index (χ1n) is 6.89. The van der Waals surface area contributed by atoms with Crippen LogP contribution in [0.1, 0.15) is 12.0 Å². The number of ether oxygens (including phenoxy) is 1. The molecule has 2 amide bonds. The van der Waals surface area contributed by atoms with E-state index in [1.807, 2.05) is 37.2 Å². The van der Waals surface area contributed by atoms with Crippen LogP contribution in [-0.4, -0.2) is 44.5 Å². The number of benzene rings is 1. The summed E-state index contributed by atoms with van der Waals surface area (Å²) in [5.41, 5.74) is 1.72. The van der Waals surface area contributed by atoms with Gasteiger partial charge in [-0.2, -0.15) is 0 Å². The van der Waals surface area contributed by atoms with Crippen LogP contribution in [0.3, 0.4) is 0 Å². The quantitative estimate of drug-likeness (QED) is 0.843. The summed E-state index contributed by atoms with van der Waals surface area (Å²) in [5.74, 6) is 0.0555. The highest BCUT2D eigenvalue weighted by molar-refractivity contribution is 5.98. The molecule has 1 saturated heterocycles. The van der Waals surface area contributed by atoms with E-state index < -0.39 is 0 Å². The molecule has 114 valence electrons. The van der Waals surface area contributed by atoms with E-state index in [2.05, 4.69) is 10.6 Å². The zero-order chi connectivity index (χ0) is 15.4. The average molecular weight is 291 g/mol. The molecular weight excluding hydrogens is 270 g/mol. The molecule has 0 spiro atoms. The number of nitrogens with zero attached hydrogens (tertiary/aromatic N) is 1. The van der Waals surface area contributed by atoms with Gasteiger partial charge in [0.2, 0.25) is 11.8 Å². The minimum absolute atomic E-state index is 0.0801. The van der Waals surface area contributed by atoms with Crippen molar-refractivity contribution >= 4 is 17.5 Å². The Balaban J connectivity index is 2.13. The lowest BCUT2D eigenvalue weighted by atomic mass is 10.1. The van der Waals surface area contributed by atoms with Crippen LogP contribution in [0.15, 0.2) is 18.2 Å². The molecule has 2 rings (SSSR count). The number of methoxy groups -OCH3 is 1. The Kier molecular flexibility index (Phi) is 4.80. The number of anilines is 1. The van der Waals surface area contributed by atoms with E-state index >= 15 is 0 Å². The molecule has 1 aromatic carbocycles. The summed E-state index contributed by atoms with van der Waals surface area (Å²) in [6, 6.07) is 5.71. The van der Waals surface area contributed by atoms with Crippen molar-refractivity contribution in [1.82, 2.24) is 10.2 Å². The van der Waals surface area contributed by atoms with Crippen molar-refractivity contribution in [2.45, 2.75) is 13.0 Å². The monoisotopic (exact) mass is 291 g/mol. The number of hydrogen-bond acceptors (Lipinski definition) is 4. The summed E-state index contributed by atoms with van der Waals surface area (Å²) in [7, 11) is 5.54. The molecule has 1 aliphatic heterocycles. The predicted octanol–water partition coefficient (Wildman–Crippen LogP) is 0.831. The lowest BCUT2D eigenvalue weighted by molar-refractivity contribution is -0.123. The molecule has 0 aromatic heterocycles. The smallest absolute Gasteiger partial charge is 0.229 e. The molecule has 0 bridgehead atoms. The van der Waals surface area contributed by atoms with E-state index in [9.17, 15) is 9.59 Å². The Bertz CT molecular complexity index is 543. The fourth-order valence-electron chi connectivity index (χ4n) is 2.34. The Hall–Kier alpha value is -2.08. The van der Waals surface area contributed by atoms with Crippen molar-refractivity contribution in [2.24, 2.45) is 5.92 Å². The molecule has 1 heterocycles. The van der Waals surface area contributed by atoms with Gasteiger partial charge in [-0.1, -0.05) is 6.07 Å². The van der Waals surface area contributed by atoms with Gasteiger partial charge in [0.25, 0.3) is 0 Å². The van der Waals surface area contributed by atoms with Crippen LogP contribution in [-0.2, 0) is 16.1 Å². The summed E-state index contributed by atoms with van der Waals surface area (Å²) < 4.78 is 5.28. The van der Waals surface area contributed by atoms with Crippen molar-refractivity contribution < 1.29 is 14.3 Å². The maximum atomic E-state index is 12.2. The van der Waals surface area contributed by atoms with Crippen LogP contribution in [0.2, 0.25) is 0 Å². The molecule has 21 heavy (non-hydrogen) atoms. The molecule has 1 aromatic rings. The maximum Gasteiger partial charge on any atom is 0.229 e. The number of nitrogens with one attached hydrogen (secondary N) is 2. The molecule has 1 fully saturated rings. The second-order valence-electron chi connectivity index (χ2n) is 5.47. The third kappa shape index (κ3) is 3.95. The summed E-state index contributed by atoms with van der Waals surface area (Å²) in [6.45, 7) is 1.17. The molecule has 0 radical (unpaired) electrons. The normalized spacial score (nSPS) is 17.7. The van der Waals surface area contributed by atoms with E-state index in [-0.39, 0.29) is 24.2 Å². The fraction of sp³-hybridized carbons (Fsp3) is 0.467. The van der Waals surface area contributed by atoms with Gasteiger partial charge in [0, 0.05) is 19.5 Å². The first-order chi connectivity index (χ1) is 9.99. The van der Waals surface area contributed by atoms with Gasteiger partial charge in [-0.25, -0.2) is 0 Å². The number of rotatable bonds is 5. The molecule has 6 heteroatoms. The average Bonchev–Trinajstić information content (AvgIpc) is 2.85. The summed E-state index contributed by atoms with van der Waals surface area (Å²) in [6.07, 6.45) is 0.242. The SMILES string of the molecule is COc1ccc(CN(C)C)cc1NC(=O)C1CNC(=O)C1. The largest absolute Gasteiger partial charge is 0.495 e. The molecule has 6 nitrogen and oxygen atoms in total. The Labute approximate surface area is 124 Å². The van der Waals surface area contributed by atoms with Gasteiger partial charge in [-0.3, -0.25) is 9.59 Å². The highest BCUT2D eigenvalue weighted by Gasteiger charge is 2.28. The standard InChI is InChI=1S/C15H21N3O3/c1-18(2)9-10-4-5-13(21-3)12(6-10)17-15(20)11-7-14(19)16-8-11/h4-6,11H,7-9H2,1-3H3,(H,16,19)(H,17,20). The van der Waals surface area contributed by atoms with Gasteiger partial charge in [-0.05, 0) is 31.8 Å². The molecule has 0 aliphatic carbocycles. The lowest BCUT2D eigenvalue weighted by Gasteiger charge is -2.15. The van der Waals surface area contributed by atoms with Crippen LogP contribution in [0.5, 0.6) is 5.75 Å². The van der Waals surface area contributed by atoms with Gasteiger partial charge in [0.15, 0.2) is 0 Å². The van der Waals surface area contributed by atoms with E-state index in [1.54, 1.807) is 7.11 Å². The molecule has 1 unspecified atom stereocenters.